The summed E-state index contributed by atoms with van der Waals surface area (Å²) in [5, 5.41) is 4.89. The average Bonchev–Trinajstić information content (AvgIpc) is 3.18. The molecule has 12 heteroatoms. The minimum Gasteiger partial charge on any atom is -0.494 e. The molecule has 224 valence electrons. The van der Waals surface area contributed by atoms with Crippen molar-refractivity contribution in [2.24, 2.45) is 13.3 Å². The van der Waals surface area contributed by atoms with E-state index < -0.39 is 16.0 Å². The third-order valence-corrected chi connectivity index (χ3v) is 11.3. The van der Waals surface area contributed by atoms with Crippen LogP contribution in [0.15, 0.2) is 28.9 Å². The van der Waals surface area contributed by atoms with Gasteiger partial charge in [0.05, 0.1) is 35.0 Å². The minimum absolute atomic E-state index is 0.491. The van der Waals surface area contributed by atoms with Crippen molar-refractivity contribution < 1.29 is 26.3 Å². The second-order valence-electron chi connectivity index (χ2n) is 9.91. The minimum atomic E-state index is -1.18. The number of hydrogen-bond donors (Lipinski definition) is 0. The number of ether oxygens (including phenoxy) is 2. The molecule has 6 aromatic rings. The van der Waals surface area contributed by atoms with Gasteiger partial charge in [0.15, 0.2) is 11.2 Å². The lowest BCUT2D eigenvalue weighted by Gasteiger charge is -2.12. The summed E-state index contributed by atoms with van der Waals surface area (Å²) in [6.45, 7) is 16.4. The van der Waals surface area contributed by atoms with E-state index in [0.29, 0.717) is 43.5 Å². The number of thiophene rings is 2. The molecule has 4 heterocycles. The van der Waals surface area contributed by atoms with Crippen LogP contribution in [0.4, 0.5) is 0 Å². The molecule has 6 rings (SSSR count). The normalized spacial score (nSPS) is 11.3. The summed E-state index contributed by atoms with van der Waals surface area (Å²) >= 11 is 16.4. The molecule has 2 aromatic carbocycles. The van der Waals surface area contributed by atoms with Gasteiger partial charge in [-0.05, 0) is 64.8 Å². The average molecular weight is 686 g/mol. The van der Waals surface area contributed by atoms with E-state index in [1.807, 2.05) is 62.0 Å². The van der Waals surface area contributed by atoms with Crippen molar-refractivity contribution >= 4 is 106 Å². The predicted octanol–water partition coefficient (Wildman–Crippen LogP) is 13.0. The lowest BCUT2D eigenvalue weighted by Crippen LogP contribution is -1.92. The molecule has 0 N–H and O–H groups in total. The van der Waals surface area contributed by atoms with Crippen molar-refractivity contribution in [3.63, 3.8) is 0 Å². The van der Waals surface area contributed by atoms with Gasteiger partial charge in [0.1, 0.15) is 22.7 Å². The molecule has 0 amide bonds. The van der Waals surface area contributed by atoms with Gasteiger partial charge in [-0.3, -0.25) is 0 Å². The Morgan fingerprint density at radius 1 is 0.548 bits per heavy atom. The smallest absolute Gasteiger partial charge is 0.213 e. The zero-order chi connectivity index (χ0) is 30.6. The van der Waals surface area contributed by atoms with E-state index in [1.54, 1.807) is 14.2 Å². The summed E-state index contributed by atoms with van der Waals surface area (Å²) in [4.78, 5) is 5.13. The monoisotopic (exact) mass is 684 g/mol. The second kappa shape index (κ2) is 12.1. The van der Waals surface area contributed by atoms with Gasteiger partial charge in [-0.15, -0.1) is 22.7 Å². The summed E-state index contributed by atoms with van der Waals surface area (Å²) in [6, 6.07) is 3.63. The van der Waals surface area contributed by atoms with Crippen LogP contribution < -0.4 is 9.47 Å². The standard InChI is InChI=1S/C17H17Cl2O4P.C13H15O2PS2/c1-8-6-10(18)16(20-3)12-13-15(23-24(5)22-14(8)12)9(2)7-11(19)17(13)21-4;1-6-10-11-7(2)18-9(4)13(11)15-16(5)14-12(10)8(3)17-6/h6-7H,1-5H3;1-5H3. The van der Waals surface area contributed by atoms with E-state index in [0.717, 1.165) is 22.3 Å². The highest BCUT2D eigenvalue weighted by Crippen LogP contribution is 2.48. The van der Waals surface area contributed by atoms with E-state index in [1.165, 1.54) is 30.3 Å². The molecule has 0 saturated carbocycles. The van der Waals surface area contributed by atoms with Crippen LogP contribution in [-0.4, -0.2) is 14.2 Å². The molecular weight excluding hydrogens is 653 g/mol. The maximum atomic E-state index is 6.41. The van der Waals surface area contributed by atoms with E-state index in [2.05, 4.69) is 27.7 Å². The molecule has 0 aliphatic heterocycles. The third-order valence-electron chi connectivity index (χ3n) is 6.94. The van der Waals surface area contributed by atoms with Gasteiger partial charge in [0.2, 0.25) is 16.0 Å². The number of rotatable bonds is 2. The molecule has 0 aliphatic rings. The molecule has 0 saturated heterocycles. The zero-order valence-electron chi connectivity index (χ0n) is 25.1. The lowest BCUT2D eigenvalue weighted by atomic mass is 10.0. The number of benzene rings is 2. The number of methoxy groups -OCH3 is 2. The Kier molecular flexibility index (Phi) is 8.98. The van der Waals surface area contributed by atoms with Crippen LogP contribution in [0, 0.1) is 41.5 Å². The largest absolute Gasteiger partial charge is 0.494 e. The van der Waals surface area contributed by atoms with Crippen molar-refractivity contribution in [1.82, 2.24) is 0 Å². The molecule has 0 fully saturated rings. The molecule has 6 nitrogen and oxygen atoms in total. The van der Waals surface area contributed by atoms with E-state index in [-0.39, 0.29) is 0 Å². The maximum absolute atomic E-state index is 6.41. The fourth-order valence-corrected chi connectivity index (χ4v) is 10.1. The SMILES string of the molecule is COc1c(Cl)cc(C)c2op(C)oc3c(C)cc(Cl)c(OC)c3c12.Cc1sc(C)c2c1op(C)oc1c(C)sc(C)c12. The van der Waals surface area contributed by atoms with Crippen molar-refractivity contribution in [3.05, 3.63) is 52.8 Å². The van der Waals surface area contributed by atoms with Crippen LogP contribution in [0.25, 0.3) is 43.9 Å². The van der Waals surface area contributed by atoms with E-state index >= 15 is 0 Å². The molecule has 42 heavy (non-hydrogen) atoms. The summed E-state index contributed by atoms with van der Waals surface area (Å²) in [6.07, 6.45) is 0. The van der Waals surface area contributed by atoms with Gasteiger partial charge in [-0.25, -0.2) is 0 Å². The quantitative estimate of drug-likeness (QED) is 0.181. The maximum Gasteiger partial charge on any atom is 0.213 e. The highest BCUT2D eigenvalue weighted by atomic mass is 35.5. The lowest BCUT2D eigenvalue weighted by molar-refractivity contribution is 0.416. The van der Waals surface area contributed by atoms with Crippen LogP contribution in [0.2, 0.25) is 10.0 Å². The molecule has 4 aromatic heterocycles. The van der Waals surface area contributed by atoms with Crippen LogP contribution in [-0.2, 0) is 13.3 Å². The predicted molar refractivity (Wildman–Crippen MR) is 182 cm³/mol. The number of aryl methyl sites for hydroxylation is 8. The van der Waals surface area contributed by atoms with Gasteiger partial charge in [0.25, 0.3) is 0 Å². The highest BCUT2D eigenvalue weighted by Gasteiger charge is 2.22. The third kappa shape index (κ3) is 5.36. The topological polar surface area (TPSA) is 71.0 Å². The van der Waals surface area contributed by atoms with Crippen molar-refractivity contribution in [1.29, 1.82) is 0 Å². The van der Waals surface area contributed by atoms with Gasteiger partial charge < -0.3 is 26.3 Å². The summed E-state index contributed by atoms with van der Waals surface area (Å²) in [7, 11) is 1.08. The number of hydrogen-bond acceptors (Lipinski definition) is 8. The molecular formula is C30H32Cl2O6P2S2. The summed E-state index contributed by atoms with van der Waals surface area (Å²) in [5.74, 6) is 1.01. The Balaban J connectivity index is 0.000000175. The fourth-order valence-electron chi connectivity index (χ4n) is 5.25. The first kappa shape index (κ1) is 31.3. The number of halogens is 2. The molecule has 0 aliphatic carbocycles. The van der Waals surface area contributed by atoms with Gasteiger partial charge in [-0.1, -0.05) is 23.2 Å². The van der Waals surface area contributed by atoms with E-state index in [4.69, 9.17) is 49.5 Å². The molecule has 0 bridgehead atoms. The Hall–Kier alpha value is -2.18. The highest BCUT2D eigenvalue weighted by molar-refractivity contribution is 7.35. The Bertz CT molecular complexity index is 1950. The second-order valence-corrected chi connectivity index (χ2v) is 16.1. The fraction of sp³-hybridized carbons (Fsp3) is 0.333. The number of fused-ring (bicyclic) bond motifs is 6. The van der Waals surface area contributed by atoms with Gasteiger partial charge in [0, 0.05) is 43.6 Å². The first-order valence-electron chi connectivity index (χ1n) is 13.0. The van der Waals surface area contributed by atoms with Crippen LogP contribution in [0.5, 0.6) is 11.5 Å². The van der Waals surface area contributed by atoms with E-state index in [9.17, 15) is 0 Å². The first-order chi connectivity index (χ1) is 19.9. The molecule has 0 atom stereocenters. The van der Waals surface area contributed by atoms with Crippen LogP contribution >= 0.6 is 61.9 Å². The first-order valence-corrected chi connectivity index (χ1v) is 18.7. The molecule has 0 spiro atoms. The van der Waals surface area contributed by atoms with Gasteiger partial charge in [-0.2, -0.15) is 0 Å². The van der Waals surface area contributed by atoms with Crippen LogP contribution in [0.1, 0.15) is 30.6 Å². The summed E-state index contributed by atoms with van der Waals surface area (Å²) < 4.78 is 35.3. The Morgan fingerprint density at radius 2 is 0.881 bits per heavy atom. The van der Waals surface area contributed by atoms with Crippen molar-refractivity contribution in [3.8, 4) is 11.5 Å². The zero-order valence-corrected chi connectivity index (χ0v) is 30.0. The summed E-state index contributed by atoms with van der Waals surface area (Å²) in [5.41, 5.74) is 5.19. The Morgan fingerprint density at radius 3 is 1.21 bits per heavy atom. The molecule has 0 radical (unpaired) electrons. The van der Waals surface area contributed by atoms with Crippen molar-refractivity contribution in [2.75, 3.05) is 14.2 Å². The van der Waals surface area contributed by atoms with Gasteiger partial charge >= 0.3 is 0 Å². The van der Waals surface area contributed by atoms with Crippen LogP contribution in [0.3, 0.4) is 0 Å². The van der Waals surface area contributed by atoms with Crippen molar-refractivity contribution in [2.45, 2.75) is 41.5 Å². The Labute approximate surface area is 264 Å². The molecule has 0 unspecified atom stereocenters.